The number of morpholine rings is 1. The number of thiazole rings is 1. The summed E-state index contributed by atoms with van der Waals surface area (Å²) in [5, 5.41) is 11.8. The summed E-state index contributed by atoms with van der Waals surface area (Å²) in [6.45, 7) is 10.6. The minimum atomic E-state index is -0.727. The highest BCUT2D eigenvalue weighted by atomic mass is 32.1. The summed E-state index contributed by atoms with van der Waals surface area (Å²) < 4.78 is 11.5. The molecule has 0 spiro atoms. The first kappa shape index (κ1) is 26.3. The van der Waals surface area contributed by atoms with E-state index in [9.17, 15) is 14.7 Å². The van der Waals surface area contributed by atoms with E-state index in [2.05, 4.69) is 16.8 Å². The number of ether oxygens (including phenoxy) is 2. The van der Waals surface area contributed by atoms with Crippen LogP contribution in [0.3, 0.4) is 0 Å². The molecule has 2 aliphatic heterocycles. The van der Waals surface area contributed by atoms with Gasteiger partial charge >= 0.3 is 0 Å². The van der Waals surface area contributed by atoms with Crippen LogP contribution >= 0.6 is 11.3 Å². The van der Waals surface area contributed by atoms with Crippen molar-refractivity contribution in [3.63, 3.8) is 0 Å². The van der Waals surface area contributed by atoms with Gasteiger partial charge in [-0.15, -0.1) is 11.3 Å². The van der Waals surface area contributed by atoms with Gasteiger partial charge in [-0.25, -0.2) is 4.98 Å². The number of hydrogen-bond donors (Lipinski definition) is 1. The monoisotopic (exact) mass is 513 g/mol. The van der Waals surface area contributed by atoms with Crippen molar-refractivity contribution in [1.82, 2.24) is 14.8 Å². The number of aryl methyl sites for hydroxylation is 2. The second-order valence-corrected chi connectivity index (χ2v) is 10.4. The van der Waals surface area contributed by atoms with Crippen LogP contribution in [-0.4, -0.2) is 77.6 Å². The maximum atomic E-state index is 13.8. The average Bonchev–Trinajstić information content (AvgIpc) is 3.35. The Morgan fingerprint density at radius 1 is 1.19 bits per heavy atom. The number of rotatable bonds is 11. The Balaban J connectivity index is 1.67. The quantitative estimate of drug-likeness (QED) is 0.355. The van der Waals surface area contributed by atoms with Gasteiger partial charge in [-0.05, 0) is 32.8 Å². The highest BCUT2D eigenvalue weighted by Crippen LogP contribution is 2.43. The van der Waals surface area contributed by atoms with Gasteiger partial charge < -0.3 is 19.5 Å². The average molecular weight is 514 g/mol. The molecule has 4 rings (SSSR count). The number of Topliss-reactive ketones (excluding diaryl/α,β-unsaturated/α-hetero) is 1. The molecule has 36 heavy (non-hydrogen) atoms. The topological polar surface area (TPSA) is 92.2 Å². The number of aromatic nitrogens is 1. The van der Waals surface area contributed by atoms with Crippen LogP contribution in [0.4, 0.5) is 0 Å². The molecule has 0 aliphatic carbocycles. The van der Waals surface area contributed by atoms with E-state index in [1.54, 1.807) is 11.8 Å². The van der Waals surface area contributed by atoms with Gasteiger partial charge in [0.2, 0.25) is 5.78 Å². The van der Waals surface area contributed by atoms with Gasteiger partial charge in [0.15, 0.2) is 5.76 Å². The van der Waals surface area contributed by atoms with Crippen molar-refractivity contribution < 1.29 is 24.2 Å². The van der Waals surface area contributed by atoms with E-state index >= 15 is 0 Å². The van der Waals surface area contributed by atoms with Crippen molar-refractivity contribution in [2.45, 2.75) is 46.1 Å². The molecule has 9 heteroatoms. The number of para-hydroxylation sites is 1. The minimum Gasteiger partial charge on any atom is -0.503 e. The van der Waals surface area contributed by atoms with E-state index in [-0.39, 0.29) is 11.4 Å². The molecule has 1 aromatic carbocycles. The molecule has 1 unspecified atom stereocenters. The predicted octanol–water partition coefficient (Wildman–Crippen LogP) is 4.24. The van der Waals surface area contributed by atoms with Crippen LogP contribution < -0.4 is 4.74 Å². The fourth-order valence-electron chi connectivity index (χ4n) is 4.76. The van der Waals surface area contributed by atoms with Gasteiger partial charge in [0.25, 0.3) is 5.91 Å². The Morgan fingerprint density at radius 2 is 1.94 bits per heavy atom. The zero-order valence-corrected chi connectivity index (χ0v) is 22.1. The van der Waals surface area contributed by atoms with Crippen molar-refractivity contribution in [3.05, 3.63) is 56.7 Å². The summed E-state index contributed by atoms with van der Waals surface area (Å²) in [5.41, 5.74) is 1.41. The lowest BCUT2D eigenvalue weighted by Gasteiger charge is -2.30. The number of carbonyl (C=O) groups is 2. The third kappa shape index (κ3) is 5.63. The van der Waals surface area contributed by atoms with Crippen LogP contribution in [-0.2, 0) is 9.53 Å². The maximum absolute atomic E-state index is 13.8. The third-order valence-corrected chi connectivity index (χ3v) is 7.68. The Labute approximate surface area is 216 Å². The van der Waals surface area contributed by atoms with Crippen molar-refractivity contribution in [3.8, 4) is 5.75 Å². The summed E-state index contributed by atoms with van der Waals surface area (Å²) in [6, 6.07) is 6.77. The molecule has 1 fully saturated rings. The summed E-state index contributed by atoms with van der Waals surface area (Å²) in [6.07, 6.45) is 2.61. The van der Waals surface area contributed by atoms with Crippen LogP contribution in [0.1, 0.15) is 58.2 Å². The third-order valence-electron chi connectivity index (χ3n) is 6.60. The summed E-state index contributed by atoms with van der Waals surface area (Å²) in [7, 11) is 0. The van der Waals surface area contributed by atoms with Crippen molar-refractivity contribution in [2.75, 3.05) is 46.0 Å². The molecule has 3 heterocycles. The van der Waals surface area contributed by atoms with Gasteiger partial charge in [0, 0.05) is 31.7 Å². The number of carbonyl (C=O) groups excluding carboxylic acids is 2. The normalized spacial score (nSPS) is 18.8. The van der Waals surface area contributed by atoms with Crippen LogP contribution in [0.2, 0.25) is 0 Å². The Bertz CT molecular complexity index is 1120. The zero-order valence-electron chi connectivity index (χ0n) is 21.3. The number of benzene rings is 1. The number of aliphatic hydroxyl groups excluding tert-OH is 1. The lowest BCUT2D eigenvalue weighted by molar-refractivity contribution is -0.129. The maximum Gasteiger partial charge on any atom is 0.290 e. The predicted molar refractivity (Wildman–Crippen MR) is 139 cm³/mol. The molecule has 1 N–H and O–H groups in total. The molecular weight excluding hydrogens is 478 g/mol. The minimum absolute atomic E-state index is 0.102. The van der Waals surface area contributed by atoms with E-state index in [1.165, 1.54) is 11.3 Å². The van der Waals surface area contributed by atoms with Gasteiger partial charge in [-0.3, -0.25) is 14.5 Å². The molecule has 1 aromatic heterocycles. The number of unbranched alkanes of at least 4 members (excludes halogenated alkanes) is 1. The molecule has 8 nitrogen and oxygen atoms in total. The lowest BCUT2D eigenvalue weighted by Crippen LogP contribution is -2.39. The van der Waals surface area contributed by atoms with E-state index in [4.69, 9.17) is 9.47 Å². The molecule has 194 valence electrons. The highest BCUT2D eigenvalue weighted by molar-refractivity contribution is 7.14. The molecule has 1 atom stereocenters. The largest absolute Gasteiger partial charge is 0.503 e. The fourth-order valence-corrected chi connectivity index (χ4v) is 5.63. The van der Waals surface area contributed by atoms with Gasteiger partial charge in [0.05, 0.1) is 47.0 Å². The second-order valence-electron chi connectivity index (χ2n) is 9.19. The Kier molecular flexibility index (Phi) is 8.77. The van der Waals surface area contributed by atoms with E-state index in [0.717, 1.165) is 37.5 Å². The molecule has 1 amide bonds. The first-order chi connectivity index (χ1) is 17.4. The Morgan fingerprint density at radius 3 is 2.64 bits per heavy atom. The van der Waals surface area contributed by atoms with E-state index in [1.807, 2.05) is 31.2 Å². The van der Waals surface area contributed by atoms with Crippen LogP contribution in [0, 0.1) is 13.8 Å². The van der Waals surface area contributed by atoms with Gasteiger partial charge in [-0.2, -0.15) is 0 Å². The number of nitrogens with zero attached hydrogens (tertiary/aromatic N) is 3. The van der Waals surface area contributed by atoms with Crippen molar-refractivity contribution in [1.29, 1.82) is 0 Å². The summed E-state index contributed by atoms with van der Waals surface area (Å²) >= 11 is 1.28. The summed E-state index contributed by atoms with van der Waals surface area (Å²) in [5.74, 6) is -0.732. The number of ketones is 1. The fraction of sp³-hybridized carbons (Fsp3) is 0.519. The van der Waals surface area contributed by atoms with Gasteiger partial charge in [0.1, 0.15) is 5.75 Å². The first-order valence-corrected chi connectivity index (χ1v) is 13.5. The van der Waals surface area contributed by atoms with Crippen LogP contribution in [0.25, 0.3) is 0 Å². The molecule has 2 aliphatic rings. The lowest BCUT2D eigenvalue weighted by atomic mass is 9.94. The second kappa shape index (κ2) is 12.0. The molecular formula is C27H35N3O5S. The summed E-state index contributed by atoms with van der Waals surface area (Å²) in [4.78, 5) is 35.9. The smallest absolute Gasteiger partial charge is 0.290 e. The first-order valence-electron chi connectivity index (χ1n) is 12.7. The number of amides is 1. The van der Waals surface area contributed by atoms with E-state index in [0.29, 0.717) is 54.7 Å². The number of aliphatic hydroxyl groups is 1. The standard InChI is InChI=1S/C27H35N3O5S/c1-4-5-15-35-21-10-7-6-9-20(21)23-22(24(31)26-18(2)28-19(3)36-26)25(32)27(33)30(23)12-8-11-29-13-16-34-17-14-29/h6-7,9-10,23,32H,4-5,8,11-17H2,1-3H3. The molecule has 0 saturated carbocycles. The van der Waals surface area contributed by atoms with Crippen molar-refractivity contribution >= 4 is 23.0 Å². The number of hydrogen-bond acceptors (Lipinski definition) is 8. The Hall–Kier alpha value is -2.75. The highest BCUT2D eigenvalue weighted by Gasteiger charge is 2.45. The van der Waals surface area contributed by atoms with E-state index < -0.39 is 17.7 Å². The SMILES string of the molecule is CCCCOc1ccccc1C1C(C(=O)c2sc(C)nc2C)=C(O)C(=O)N1CCCN1CCOCC1. The van der Waals surface area contributed by atoms with Crippen LogP contribution in [0.5, 0.6) is 5.75 Å². The van der Waals surface area contributed by atoms with Crippen LogP contribution in [0.15, 0.2) is 35.6 Å². The zero-order chi connectivity index (χ0) is 25.7. The molecule has 0 bridgehead atoms. The van der Waals surface area contributed by atoms with Crippen molar-refractivity contribution in [2.24, 2.45) is 0 Å². The van der Waals surface area contributed by atoms with Gasteiger partial charge in [-0.1, -0.05) is 31.5 Å². The molecule has 2 aromatic rings. The molecule has 1 saturated heterocycles. The molecule has 0 radical (unpaired) electrons.